The number of ether oxygens (including phenoxy) is 1. The minimum Gasteiger partial charge on any atom is -0.459 e. The van der Waals surface area contributed by atoms with Crippen LogP contribution in [0.5, 0.6) is 0 Å². The van der Waals surface area contributed by atoms with Gasteiger partial charge in [0, 0.05) is 47.9 Å². The van der Waals surface area contributed by atoms with Gasteiger partial charge in [0.2, 0.25) is 0 Å². The highest BCUT2D eigenvalue weighted by atomic mass is 35.5. The van der Waals surface area contributed by atoms with Gasteiger partial charge in [-0.25, -0.2) is 4.79 Å². The highest BCUT2D eigenvalue weighted by Gasteiger charge is 2.49. The smallest absolute Gasteiger partial charge is 0.340 e. The number of aromatic nitrogens is 1. The van der Waals surface area contributed by atoms with E-state index in [1.54, 1.807) is 6.20 Å². The molecule has 4 bridgehead atoms. The maximum atomic E-state index is 12.6. The zero-order valence-corrected chi connectivity index (χ0v) is 14.6. The van der Waals surface area contributed by atoms with Crippen molar-refractivity contribution < 1.29 is 14.3 Å². The molecule has 4 saturated heterocycles. The summed E-state index contributed by atoms with van der Waals surface area (Å²) in [7, 11) is 0. The molecule has 1 aromatic carbocycles. The fourth-order valence-corrected chi connectivity index (χ4v) is 4.87. The SMILES string of the molecule is Cl.O=C(OC1CC2CC3CC(C1)N2CC3=O)c1c[nH]c2ccccc12. The van der Waals surface area contributed by atoms with Crippen molar-refractivity contribution in [2.45, 2.75) is 43.9 Å². The van der Waals surface area contributed by atoms with E-state index < -0.39 is 0 Å². The lowest BCUT2D eigenvalue weighted by atomic mass is 9.72. The van der Waals surface area contributed by atoms with Crippen molar-refractivity contribution in [1.29, 1.82) is 0 Å². The van der Waals surface area contributed by atoms with Gasteiger partial charge in [0.1, 0.15) is 11.9 Å². The highest BCUT2D eigenvalue weighted by Crippen LogP contribution is 2.42. The minimum atomic E-state index is -0.242. The summed E-state index contributed by atoms with van der Waals surface area (Å²) in [5.74, 6) is 0.403. The van der Waals surface area contributed by atoms with E-state index in [4.69, 9.17) is 4.74 Å². The zero-order valence-electron chi connectivity index (χ0n) is 13.8. The number of halogens is 1. The number of esters is 1. The Morgan fingerprint density at radius 2 is 1.84 bits per heavy atom. The van der Waals surface area contributed by atoms with E-state index in [2.05, 4.69) is 9.88 Å². The van der Waals surface area contributed by atoms with Crippen LogP contribution in [0.1, 0.15) is 36.0 Å². The van der Waals surface area contributed by atoms with Crippen molar-refractivity contribution in [2.75, 3.05) is 6.54 Å². The number of ketones is 1. The average molecular weight is 361 g/mol. The van der Waals surface area contributed by atoms with E-state index in [1.807, 2.05) is 24.3 Å². The van der Waals surface area contributed by atoms with E-state index in [0.717, 1.165) is 36.6 Å². The molecule has 25 heavy (non-hydrogen) atoms. The number of aromatic amines is 1. The van der Waals surface area contributed by atoms with Gasteiger partial charge in [-0.3, -0.25) is 9.69 Å². The molecule has 6 heteroatoms. The fourth-order valence-electron chi connectivity index (χ4n) is 4.87. The molecular formula is C19H21ClN2O3. The molecule has 0 saturated carbocycles. The van der Waals surface area contributed by atoms with Gasteiger partial charge in [-0.2, -0.15) is 0 Å². The fraction of sp³-hybridized carbons (Fsp3) is 0.474. The van der Waals surface area contributed by atoms with E-state index in [-0.39, 0.29) is 30.4 Å². The second-order valence-electron chi connectivity index (χ2n) is 7.36. The predicted octanol–water partition coefficient (Wildman–Crippen LogP) is 2.94. The van der Waals surface area contributed by atoms with Crippen molar-refractivity contribution in [1.82, 2.24) is 9.88 Å². The molecule has 1 aromatic heterocycles. The number of para-hydroxylation sites is 1. The van der Waals surface area contributed by atoms with Crippen LogP contribution in [0.15, 0.2) is 30.5 Å². The topological polar surface area (TPSA) is 62.4 Å². The molecule has 0 aliphatic carbocycles. The molecule has 0 radical (unpaired) electrons. The summed E-state index contributed by atoms with van der Waals surface area (Å²) in [4.78, 5) is 30.0. The summed E-state index contributed by atoms with van der Waals surface area (Å²) >= 11 is 0. The minimum absolute atomic E-state index is 0. The number of H-pyrrole nitrogens is 1. The van der Waals surface area contributed by atoms with Crippen molar-refractivity contribution in [3.8, 4) is 0 Å². The Morgan fingerprint density at radius 3 is 2.56 bits per heavy atom. The quantitative estimate of drug-likeness (QED) is 0.836. The lowest BCUT2D eigenvalue weighted by Gasteiger charge is -2.54. The number of carbonyl (C=O) groups is 2. The molecule has 5 nitrogen and oxygen atoms in total. The number of piperidine rings is 4. The van der Waals surface area contributed by atoms with Gasteiger partial charge in [0.05, 0.1) is 12.1 Å². The van der Waals surface area contributed by atoms with Crippen LogP contribution >= 0.6 is 12.4 Å². The van der Waals surface area contributed by atoms with Crippen molar-refractivity contribution in [3.63, 3.8) is 0 Å². The first-order valence-electron chi connectivity index (χ1n) is 8.74. The number of hydrogen-bond acceptors (Lipinski definition) is 4. The first-order chi connectivity index (χ1) is 11.7. The number of benzene rings is 1. The second-order valence-corrected chi connectivity index (χ2v) is 7.36. The van der Waals surface area contributed by atoms with Crippen LogP contribution in [-0.4, -0.2) is 46.4 Å². The molecule has 2 atom stereocenters. The molecule has 4 fully saturated rings. The van der Waals surface area contributed by atoms with E-state index in [0.29, 0.717) is 30.0 Å². The summed E-state index contributed by atoms with van der Waals surface area (Å²) in [6.07, 6.45) is 5.29. The monoisotopic (exact) mass is 360 g/mol. The normalized spacial score (nSPS) is 33.1. The zero-order chi connectivity index (χ0) is 16.3. The summed E-state index contributed by atoms with van der Waals surface area (Å²) < 4.78 is 5.84. The molecular weight excluding hydrogens is 340 g/mol. The number of nitrogens with zero attached hydrogens (tertiary/aromatic N) is 1. The van der Waals surface area contributed by atoms with Gasteiger partial charge in [-0.1, -0.05) is 18.2 Å². The third-order valence-corrected chi connectivity index (χ3v) is 6.00. The maximum Gasteiger partial charge on any atom is 0.340 e. The molecule has 5 heterocycles. The maximum absolute atomic E-state index is 12.6. The standard InChI is InChI=1S/C19H20N2O3.ClH/c22-18-10-21-12-5-11(18)6-13(21)8-14(7-12)24-19(23)16-9-20-17-4-2-1-3-15(16)17;/h1-4,9,11-14,20H,5-8,10H2;1H. The largest absolute Gasteiger partial charge is 0.459 e. The van der Waals surface area contributed by atoms with Crippen LogP contribution < -0.4 is 0 Å². The summed E-state index contributed by atoms with van der Waals surface area (Å²) in [5, 5.41) is 0.909. The Hall–Kier alpha value is -1.85. The van der Waals surface area contributed by atoms with Gasteiger partial charge >= 0.3 is 5.97 Å². The Kier molecular flexibility index (Phi) is 4.08. The second kappa shape index (κ2) is 6.15. The summed E-state index contributed by atoms with van der Waals surface area (Å²) in [6.45, 7) is 0.600. The van der Waals surface area contributed by atoms with Gasteiger partial charge in [0.25, 0.3) is 0 Å². The Bertz CT molecular complexity index is 817. The number of fused-ring (bicyclic) bond motifs is 2. The van der Waals surface area contributed by atoms with Crippen LogP contribution in [-0.2, 0) is 9.53 Å². The molecule has 4 aliphatic rings. The summed E-state index contributed by atoms with van der Waals surface area (Å²) in [6, 6.07) is 8.58. The Balaban J connectivity index is 0.00000157. The third kappa shape index (κ3) is 2.66. The molecule has 0 amide bonds. The number of carbonyl (C=O) groups excluding carboxylic acids is 2. The van der Waals surface area contributed by atoms with Crippen molar-refractivity contribution >= 4 is 35.1 Å². The highest BCUT2D eigenvalue weighted by molar-refractivity contribution is 6.04. The average Bonchev–Trinajstić information content (AvgIpc) is 2.99. The lowest BCUT2D eigenvalue weighted by Crippen LogP contribution is -2.63. The van der Waals surface area contributed by atoms with Crippen LogP contribution in [0.3, 0.4) is 0 Å². The van der Waals surface area contributed by atoms with Crippen LogP contribution in [0, 0.1) is 5.92 Å². The molecule has 4 aliphatic heterocycles. The van der Waals surface area contributed by atoms with E-state index in [9.17, 15) is 9.59 Å². The van der Waals surface area contributed by atoms with Crippen molar-refractivity contribution in [3.05, 3.63) is 36.0 Å². The van der Waals surface area contributed by atoms with Gasteiger partial charge in [-0.05, 0) is 18.9 Å². The number of rotatable bonds is 2. The number of nitrogens with one attached hydrogen (secondary N) is 1. The van der Waals surface area contributed by atoms with E-state index >= 15 is 0 Å². The number of hydrogen-bond donors (Lipinski definition) is 1. The van der Waals surface area contributed by atoms with Gasteiger partial charge in [-0.15, -0.1) is 12.4 Å². The molecule has 0 spiro atoms. The van der Waals surface area contributed by atoms with Crippen LogP contribution in [0.4, 0.5) is 0 Å². The molecule has 2 unspecified atom stereocenters. The predicted molar refractivity (Wildman–Crippen MR) is 96.0 cm³/mol. The Morgan fingerprint density at radius 1 is 1.12 bits per heavy atom. The van der Waals surface area contributed by atoms with Crippen molar-refractivity contribution in [2.24, 2.45) is 5.92 Å². The van der Waals surface area contributed by atoms with Crippen LogP contribution in [0.2, 0.25) is 0 Å². The third-order valence-electron chi connectivity index (χ3n) is 6.00. The molecule has 132 valence electrons. The first kappa shape index (κ1) is 16.6. The summed E-state index contributed by atoms with van der Waals surface area (Å²) in [5.41, 5.74) is 1.56. The first-order valence-corrected chi connectivity index (χ1v) is 8.74. The van der Waals surface area contributed by atoms with Gasteiger partial charge in [0.15, 0.2) is 0 Å². The molecule has 2 aromatic rings. The Labute approximate surface area is 152 Å². The molecule has 1 N–H and O–H groups in total. The van der Waals surface area contributed by atoms with E-state index in [1.165, 1.54) is 0 Å². The molecule has 6 rings (SSSR count). The van der Waals surface area contributed by atoms with Gasteiger partial charge < -0.3 is 9.72 Å². The van der Waals surface area contributed by atoms with Crippen LogP contribution in [0.25, 0.3) is 10.9 Å². The number of Topliss-reactive ketones (excluding diaryl/α,β-unsaturated/α-hetero) is 1. The lowest BCUT2D eigenvalue weighted by molar-refractivity contribution is -0.145.